The molecule has 29 heavy (non-hydrogen) atoms. The van der Waals surface area contributed by atoms with E-state index in [0.717, 1.165) is 17.5 Å². The highest BCUT2D eigenvalue weighted by atomic mass is 16.5. The van der Waals surface area contributed by atoms with E-state index in [2.05, 4.69) is 15.0 Å². The van der Waals surface area contributed by atoms with Crippen LogP contribution in [0.15, 0.2) is 52.9 Å². The SMILES string of the molecule is CCCOc1nc(Oc2cccc(OC)c2)nc2oc(-c3cccc(C)c3)nc12. The van der Waals surface area contributed by atoms with Gasteiger partial charge in [-0.15, -0.1) is 0 Å². The van der Waals surface area contributed by atoms with Crippen LogP contribution in [0.1, 0.15) is 18.9 Å². The van der Waals surface area contributed by atoms with Gasteiger partial charge in [0.1, 0.15) is 11.5 Å². The summed E-state index contributed by atoms with van der Waals surface area (Å²) in [6, 6.07) is 15.2. The quantitative estimate of drug-likeness (QED) is 0.429. The van der Waals surface area contributed by atoms with Crippen molar-refractivity contribution in [1.82, 2.24) is 15.0 Å². The number of rotatable bonds is 7. The summed E-state index contributed by atoms with van der Waals surface area (Å²) in [5.41, 5.74) is 2.74. The third kappa shape index (κ3) is 4.13. The van der Waals surface area contributed by atoms with Gasteiger partial charge in [0.05, 0.1) is 13.7 Å². The lowest BCUT2D eigenvalue weighted by Gasteiger charge is -2.08. The largest absolute Gasteiger partial charge is 0.497 e. The van der Waals surface area contributed by atoms with Crippen molar-refractivity contribution in [2.45, 2.75) is 20.3 Å². The molecule has 0 radical (unpaired) electrons. The number of oxazole rings is 1. The van der Waals surface area contributed by atoms with Gasteiger partial charge in [0.15, 0.2) is 5.52 Å². The van der Waals surface area contributed by atoms with Gasteiger partial charge in [-0.25, -0.2) is 4.98 Å². The average Bonchev–Trinajstić information content (AvgIpc) is 3.16. The van der Waals surface area contributed by atoms with Crippen LogP contribution in [0.5, 0.6) is 23.4 Å². The van der Waals surface area contributed by atoms with Crippen molar-refractivity contribution in [2.24, 2.45) is 0 Å². The molecule has 2 aromatic heterocycles. The summed E-state index contributed by atoms with van der Waals surface area (Å²) < 4.78 is 22.7. The summed E-state index contributed by atoms with van der Waals surface area (Å²) in [6.07, 6.45) is 0.833. The molecule has 0 unspecified atom stereocenters. The van der Waals surface area contributed by atoms with Crippen LogP contribution < -0.4 is 14.2 Å². The van der Waals surface area contributed by atoms with Crippen LogP contribution >= 0.6 is 0 Å². The number of ether oxygens (including phenoxy) is 3. The molecule has 0 saturated carbocycles. The molecular formula is C22H21N3O4. The molecule has 0 bridgehead atoms. The minimum absolute atomic E-state index is 0.115. The number of methoxy groups -OCH3 is 1. The van der Waals surface area contributed by atoms with Gasteiger partial charge < -0.3 is 18.6 Å². The number of aromatic nitrogens is 3. The van der Waals surface area contributed by atoms with Crippen LogP contribution in [-0.2, 0) is 0 Å². The van der Waals surface area contributed by atoms with Crippen LogP contribution in [0.4, 0.5) is 0 Å². The average molecular weight is 391 g/mol. The van der Waals surface area contributed by atoms with Gasteiger partial charge in [-0.3, -0.25) is 0 Å². The fourth-order valence-corrected chi connectivity index (χ4v) is 2.80. The number of hydrogen-bond acceptors (Lipinski definition) is 7. The Hall–Kier alpha value is -3.61. The summed E-state index contributed by atoms with van der Waals surface area (Å²) in [5, 5.41) is 0. The van der Waals surface area contributed by atoms with Gasteiger partial charge in [0.2, 0.25) is 5.89 Å². The Kier molecular flexibility index (Phi) is 5.29. The summed E-state index contributed by atoms with van der Waals surface area (Å²) in [7, 11) is 1.60. The van der Waals surface area contributed by atoms with Crippen molar-refractivity contribution in [3.8, 4) is 34.8 Å². The molecule has 148 valence electrons. The smallest absolute Gasteiger partial charge is 0.328 e. The maximum Gasteiger partial charge on any atom is 0.328 e. The van der Waals surface area contributed by atoms with E-state index in [9.17, 15) is 0 Å². The van der Waals surface area contributed by atoms with Gasteiger partial charge in [0.25, 0.3) is 11.6 Å². The number of hydrogen-bond donors (Lipinski definition) is 0. The molecule has 0 amide bonds. The molecule has 0 aliphatic heterocycles. The number of benzene rings is 2. The van der Waals surface area contributed by atoms with E-state index < -0.39 is 0 Å². The van der Waals surface area contributed by atoms with E-state index in [1.807, 2.05) is 50.2 Å². The summed E-state index contributed by atoms with van der Waals surface area (Å²) >= 11 is 0. The van der Waals surface area contributed by atoms with E-state index in [1.165, 1.54) is 0 Å². The van der Waals surface area contributed by atoms with Crippen LogP contribution in [0, 0.1) is 6.92 Å². The summed E-state index contributed by atoms with van der Waals surface area (Å²) in [6.45, 7) is 4.53. The van der Waals surface area contributed by atoms with Crippen LogP contribution in [0.25, 0.3) is 22.7 Å². The van der Waals surface area contributed by atoms with Gasteiger partial charge in [-0.2, -0.15) is 9.97 Å². The maximum atomic E-state index is 5.91. The molecule has 0 N–H and O–H groups in total. The first-order valence-corrected chi connectivity index (χ1v) is 9.36. The second kappa shape index (κ2) is 8.18. The topological polar surface area (TPSA) is 79.5 Å². The Morgan fingerprint density at radius 3 is 2.59 bits per heavy atom. The van der Waals surface area contributed by atoms with Gasteiger partial charge in [0, 0.05) is 11.6 Å². The normalized spacial score (nSPS) is 10.9. The zero-order chi connectivity index (χ0) is 20.2. The maximum absolute atomic E-state index is 5.91. The molecule has 0 atom stereocenters. The summed E-state index contributed by atoms with van der Waals surface area (Å²) in [4.78, 5) is 13.3. The summed E-state index contributed by atoms with van der Waals surface area (Å²) in [5.74, 6) is 2.01. The van der Waals surface area contributed by atoms with Crippen LogP contribution in [-0.4, -0.2) is 28.7 Å². The standard InChI is InChI=1S/C22H21N3O4/c1-4-11-27-20-18-21(29-19(23-18)15-8-5-7-14(2)12-15)25-22(24-20)28-17-10-6-9-16(13-17)26-3/h5-10,12-13H,4,11H2,1-3H3. The minimum atomic E-state index is 0.115. The zero-order valence-corrected chi connectivity index (χ0v) is 16.5. The first kappa shape index (κ1) is 18.7. The van der Waals surface area contributed by atoms with Crippen molar-refractivity contribution >= 4 is 11.2 Å². The number of fused-ring (bicyclic) bond motifs is 1. The lowest BCUT2D eigenvalue weighted by molar-refractivity contribution is 0.302. The molecule has 2 aromatic carbocycles. The molecule has 0 fully saturated rings. The Bertz CT molecular complexity index is 1140. The Morgan fingerprint density at radius 2 is 1.79 bits per heavy atom. The molecule has 7 nitrogen and oxygen atoms in total. The Morgan fingerprint density at radius 1 is 0.966 bits per heavy atom. The van der Waals surface area contributed by atoms with Gasteiger partial charge >= 0.3 is 6.01 Å². The molecule has 0 spiro atoms. The Balaban J connectivity index is 1.75. The molecule has 0 aliphatic carbocycles. The van der Waals surface area contributed by atoms with E-state index in [-0.39, 0.29) is 6.01 Å². The molecule has 2 heterocycles. The fraction of sp³-hybridized carbons (Fsp3) is 0.227. The molecule has 0 saturated heterocycles. The Labute approximate surface area is 168 Å². The van der Waals surface area contributed by atoms with Crippen molar-refractivity contribution in [3.63, 3.8) is 0 Å². The van der Waals surface area contributed by atoms with Crippen molar-refractivity contribution in [2.75, 3.05) is 13.7 Å². The highest BCUT2D eigenvalue weighted by Gasteiger charge is 2.18. The molecule has 4 rings (SSSR count). The van der Waals surface area contributed by atoms with Crippen molar-refractivity contribution in [3.05, 3.63) is 54.1 Å². The fourth-order valence-electron chi connectivity index (χ4n) is 2.80. The predicted octanol–water partition coefficient (Wildman–Crippen LogP) is 5.18. The molecular weight excluding hydrogens is 370 g/mol. The third-order valence-electron chi connectivity index (χ3n) is 4.16. The van der Waals surface area contributed by atoms with E-state index in [1.54, 1.807) is 19.2 Å². The van der Waals surface area contributed by atoms with E-state index in [0.29, 0.717) is 41.1 Å². The molecule has 4 aromatic rings. The third-order valence-corrected chi connectivity index (χ3v) is 4.16. The first-order valence-electron chi connectivity index (χ1n) is 9.36. The predicted molar refractivity (Wildman–Crippen MR) is 109 cm³/mol. The second-order valence-electron chi connectivity index (χ2n) is 6.48. The highest BCUT2D eigenvalue weighted by molar-refractivity contribution is 5.78. The van der Waals surface area contributed by atoms with Crippen LogP contribution in [0.2, 0.25) is 0 Å². The minimum Gasteiger partial charge on any atom is -0.497 e. The zero-order valence-electron chi connectivity index (χ0n) is 16.5. The molecule has 0 aliphatic rings. The van der Waals surface area contributed by atoms with Crippen molar-refractivity contribution < 1.29 is 18.6 Å². The van der Waals surface area contributed by atoms with Gasteiger partial charge in [-0.1, -0.05) is 30.7 Å². The molecule has 7 heteroatoms. The second-order valence-corrected chi connectivity index (χ2v) is 6.48. The van der Waals surface area contributed by atoms with Crippen molar-refractivity contribution in [1.29, 1.82) is 0 Å². The monoisotopic (exact) mass is 391 g/mol. The van der Waals surface area contributed by atoms with Gasteiger partial charge in [-0.05, 0) is 37.6 Å². The first-order chi connectivity index (χ1) is 14.2. The highest BCUT2D eigenvalue weighted by Crippen LogP contribution is 2.31. The lowest BCUT2D eigenvalue weighted by Crippen LogP contribution is -2.01. The van der Waals surface area contributed by atoms with E-state index in [4.69, 9.17) is 18.6 Å². The number of nitrogens with zero attached hydrogens (tertiary/aromatic N) is 3. The lowest BCUT2D eigenvalue weighted by atomic mass is 10.1. The van der Waals surface area contributed by atoms with E-state index >= 15 is 0 Å². The van der Waals surface area contributed by atoms with Crippen LogP contribution in [0.3, 0.4) is 0 Å². The number of aryl methyl sites for hydroxylation is 1.